The number of alkyl carbamates (subject to hydrolysis) is 1. The molecule has 2 aliphatic rings. The van der Waals surface area contributed by atoms with Crippen LogP contribution in [0.3, 0.4) is 0 Å². The van der Waals surface area contributed by atoms with Gasteiger partial charge in [-0.3, -0.25) is 4.99 Å². The summed E-state index contributed by atoms with van der Waals surface area (Å²) in [6.07, 6.45) is 5.24. The molecule has 0 radical (unpaired) electrons. The molecule has 0 spiro atoms. The fourth-order valence-electron chi connectivity index (χ4n) is 3.82. The van der Waals surface area contributed by atoms with Crippen LogP contribution >= 0.6 is 24.0 Å². The quantitative estimate of drug-likeness (QED) is 0.238. The van der Waals surface area contributed by atoms with Crippen molar-refractivity contribution in [3.05, 3.63) is 0 Å². The van der Waals surface area contributed by atoms with Crippen molar-refractivity contribution in [1.82, 2.24) is 20.9 Å². The number of aliphatic imine (C=N–C) groups is 1. The second-order valence-corrected chi connectivity index (χ2v) is 9.57. The van der Waals surface area contributed by atoms with Gasteiger partial charge in [0.25, 0.3) is 0 Å². The van der Waals surface area contributed by atoms with Gasteiger partial charge in [0.1, 0.15) is 5.60 Å². The summed E-state index contributed by atoms with van der Waals surface area (Å²) in [7, 11) is 0. The zero-order chi connectivity index (χ0) is 21.5. The van der Waals surface area contributed by atoms with Crippen molar-refractivity contribution < 1.29 is 9.53 Å². The van der Waals surface area contributed by atoms with Gasteiger partial charge in [-0.15, -0.1) is 24.0 Å². The summed E-state index contributed by atoms with van der Waals surface area (Å²) in [6, 6.07) is 0.857. The molecule has 7 nitrogen and oxygen atoms in total. The SMILES string of the molecule is CCNC(=NCC(CC)(CC)NC(=O)OC(C)(C)C)NCC1CCN(C2CC2)C1.I. The van der Waals surface area contributed by atoms with Crippen molar-refractivity contribution in [3.8, 4) is 0 Å². The fraction of sp³-hybridized carbons (Fsp3) is 0.909. The van der Waals surface area contributed by atoms with E-state index in [-0.39, 0.29) is 30.1 Å². The Kier molecular flexibility index (Phi) is 11.2. The molecule has 0 aromatic rings. The molecule has 8 heteroatoms. The first kappa shape index (κ1) is 27.3. The number of hydrogen-bond donors (Lipinski definition) is 3. The van der Waals surface area contributed by atoms with Crippen LogP contribution in [0.25, 0.3) is 0 Å². The minimum atomic E-state index is -0.507. The van der Waals surface area contributed by atoms with E-state index in [1.165, 1.54) is 32.4 Å². The monoisotopic (exact) mass is 537 g/mol. The summed E-state index contributed by atoms with van der Waals surface area (Å²) < 4.78 is 5.47. The Balaban J connectivity index is 0.00000450. The first-order valence-corrected chi connectivity index (χ1v) is 11.5. The molecule has 2 rings (SSSR count). The van der Waals surface area contributed by atoms with Crippen molar-refractivity contribution in [2.45, 2.75) is 90.8 Å². The highest BCUT2D eigenvalue weighted by molar-refractivity contribution is 14.0. The molecule has 1 aliphatic carbocycles. The molecule has 1 unspecified atom stereocenters. The number of nitrogens with zero attached hydrogens (tertiary/aromatic N) is 2. The largest absolute Gasteiger partial charge is 0.444 e. The molecule has 1 saturated heterocycles. The van der Waals surface area contributed by atoms with Gasteiger partial charge in [-0.1, -0.05) is 13.8 Å². The smallest absolute Gasteiger partial charge is 0.408 e. The Hall–Kier alpha value is -0.770. The van der Waals surface area contributed by atoms with E-state index in [0.717, 1.165) is 37.9 Å². The zero-order valence-corrected chi connectivity index (χ0v) is 22.2. The normalized spacial score (nSPS) is 20.5. The predicted molar refractivity (Wildman–Crippen MR) is 135 cm³/mol. The Morgan fingerprint density at radius 1 is 1.10 bits per heavy atom. The number of guanidine groups is 1. The van der Waals surface area contributed by atoms with Crippen LogP contribution in [-0.4, -0.2) is 66.9 Å². The molecule has 1 aliphatic heterocycles. The number of carbonyl (C=O) groups excluding carboxylic acids is 1. The van der Waals surface area contributed by atoms with E-state index in [9.17, 15) is 4.79 Å². The van der Waals surface area contributed by atoms with E-state index in [4.69, 9.17) is 9.73 Å². The van der Waals surface area contributed by atoms with Crippen molar-refractivity contribution in [2.24, 2.45) is 10.9 Å². The lowest BCUT2D eigenvalue weighted by molar-refractivity contribution is 0.0452. The van der Waals surface area contributed by atoms with Gasteiger partial charge in [-0.25, -0.2) is 4.79 Å². The first-order valence-electron chi connectivity index (χ1n) is 11.5. The summed E-state index contributed by atoms with van der Waals surface area (Å²) in [5.41, 5.74) is -0.909. The average Bonchev–Trinajstić information content (AvgIpc) is 3.39. The number of halogens is 1. The van der Waals surface area contributed by atoms with Crippen LogP contribution in [0.15, 0.2) is 4.99 Å². The number of likely N-dealkylation sites (tertiary alicyclic amines) is 1. The second kappa shape index (κ2) is 12.3. The standard InChI is InChI=1S/C22H43N5O2.HI/c1-7-22(8-2,26-20(28)29-21(4,5)6)16-25-19(23-9-3)24-14-17-12-13-27(15-17)18-10-11-18;/h17-18H,7-16H2,1-6H3,(H,26,28)(H2,23,24,25);1H. The molecule has 1 saturated carbocycles. The molecule has 2 fully saturated rings. The summed E-state index contributed by atoms with van der Waals surface area (Å²) in [5, 5.41) is 9.95. The highest BCUT2D eigenvalue weighted by Crippen LogP contribution is 2.31. The molecule has 0 aromatic heterocycles. The lowest BCUT2D eigenvalue weighted by Gasteiger charge is -2.32. The molecule has 1 amide bonds. The number of hydrogen-bond acceptors (Lipinski definition) is 4. The molecular formula is C22H44IN5O2. The molecule has 1 atom stereocenters. The number of nitrogens with one attached hydrogen (secondary N) is 3. The summed E-state index contributed by atoms with van der Waals surface area (Å²) >= 11 is 0. The average molecular weight is 538 g/mol. The Labute approximate surface area is 200 Å². The second-order valence-electron chi connectivity index (χ2n) is 9.57. The third-order valence-electron chi connectivity index (χ3n) is 5.94. The maximum absolute atomic E-state index is 12.3. The van der Waals surface area contributed by atoms with Crippen LogP contribution in [0, 0.1) is 5.92 Å². The van der Waals surface area contributed by atoms with Gasteiger partial charge in [-0.2, -0.15) is 0 Å². The molecule has 0 aromatic carbocycles. The van der Waals surface area contributed by atoms with Crippen LogP contribution in [0.2, 0.25) is 0 Å². The van der Waals surface area contributed by atoms with Gasteiger partial charge < -0.3 is 25.6 Å². The predicted octanol–water partition coefficient (Wildman–Crippen LogP) is 3.73. The Morgan fingerprint density at radius 3 is 2.30 bits per heavy atom. The minimum absolute atomic E-state index is 0. The van der Waals surface area contributed by atoms with Gasteiger partial charge >= 0.3 is 6.09 Å². The third-order valence-corrected chi connectivity index (χ3v) is 5.94. The van der Waals surface area contributed by atoms with Crippen molar-refractivity contribution in [2.75, 3.05) is 32.7 Å². The Morgan fingerprint density at radius 2 is 1.77 bits per heavy atom. The van der Waals surface area contributed by atoms with Crippen molar-refractivity contribution in [3.63, 3.8) is 0 Å². The van der Waals surface area contributed by atoms with Crippen LogP contribution in [0.5, 0.6) is 0 Å². The van der Waals surface area contributed by atoms with Gasteiger partial charge in [0.15, 0.2) is 5.96 Å². The number of ether oxygens (including phenoxy) is 1. The van der Waals surface area contributed by atoms with E-state index in [2.05, 4.69) is 41.6 Å². The van der Waals surface area contributed by atoms with Crippen LogP contribution in [-0.2, 0) is 4.74 Å². The molecular weight excluding hydrogens is 493 g/mol. The van der Waals surface area contributed by atoms with Crippen molar-refractivity contribution >= 4 is 36.0 Å². The maximum Gasteiger partial charge on any atom is 0.408 e. The van der Waals surface area contributed by atoms with Crippen LogP contribution in [0.4, 0.5) is 4.79 Å². The maximum atomic E-state index is 12.3. The molecule has 3 N–H and O–H groups in total. The van der Waals surface area contributed by atoms with Crippen LogP contribution < -0.4 is 16.0 Å². The lowest BCUT2D eigenvalue weighted by atomic mass is 9.93. The molecule has 176 valence electrons. The number of amides is 1. The van der Waals surface area contributed by atoms with E-state index in [0.29, 0.717) is 12.5 Å². The summed E-state index contributed by atoms with van der Waals surface area (Å²) in [4.78, 5) is 19.8. The summed E-state index contributed by atoms with van der Waals surface area (Å²) in [6.45, 7) is 16.6. The zero-order valence-electron chi connectivity index (χ0n) is 19.8. The van der Waals surface area contributed by atoms with Gasteiger partial charge in [-0.05, 0) is 72.3 Å². The highest BCUT2D eigenvalue weighted by Gasteiger charge is 2.34. The number of rotatable bonds is 9. The topological polar surface area (TPSA) is 78.0 Å². The summed E-state index contributed by atoms with van der Waals surface area (Å²) in [5.74, 6) is 1.51. The van der Waals surface area contributed by atoms with Gasteiger partial charge in [0.2, 0.25) is 0 Å². The fourth-order valence-corrected chi connectivity index (χ4v) is 3.82. The van der Waals surface area contributed by atoms with E-state index in [1.54, 1.807) is 0 Å². The first-order chi connectivity index (χ1) is 13.7. The minimum Gasteiger partial charge on any atom is -0.444 e. The lowest BCUT2D eigenvalue weighted by Crippen LogP contribution is -2.52. The molecule has 0 bridgehead atoms. The van der Waals surface area contributed by atoms with E-state index in [1.807, 2.05) is 20.8 Å². The van der Waals surface area contributed by atoms with Gasteiger partial charge in [0.05, 0.1) is 12.1 Å². The van der Waals surface area contributed by atoms with E-state index < -0.39 is 11.1 Å². The number of carbonyl (C=O) groups is 1. The van der Waals surface area contributed by atoms with Crippen LogP contribution in [0.1, 0.15) is 73.6 Å². The molecule has 1 heterocycles. The molecule has 30 heavy (non-hydrogen) atoms. The van der Waals surface area contributed by atoms with Crippen molar-refractivity contribution in [1.29, 1.82) is 0 Å². The third kappa shape index (κ3) is 9.16. The highest BCUT2D eigenvalue weighted by atomic mass is 127. The van der Waals surface area contributed by atoms with E-state index >= 15 is 0 Å². The van der Waals surface area contributed by atoms with Gasteiger partial charge in [0, 0.05) is 25.7 Å². The Bertz CT molecular complexity index is 556.